The number of ether oxygens (including phenoxy) is 1. The Bertz CT molecular complexity index is 1500. The normalized spacial score (nSPS) is 11.3. The smallest absolute Gasteiger partial charge is 0.313 e. The molecule has 0 N–H and O–H groups in total. The van der Waals surface area contributed by atoms with Crippen LogP contribution in [0.2, 0.25) is 5.02 Å². The van der Waals surface area contributed by atoms with Gasteiger partial charge in [-0.3, -0.25) is 14.4 Å². The Labute approximate surface area is 224 Å². The Morgan fingerprint density at radius 1 is 1.13 bits per heavy atom. The molecule has 0 aliphatic carbocycles. The first-order valence-corrected chi connectivity index (χ1v) is 12.3. The van der Waals surface area contributed by atoms with Crippen molar-refractivity contribution < 1.29 is 23.1 Å². The van der Waals surface area contributed by atoms with Gasteiger partial charge in [-0.1, -0.05) is 43.7 Å². The van der Waals surface area contributed by atoms with Crippen LogP contribution < -0.4 is 10.3 Å². The van der Waals surface area contributed by atoms with Crippen molar-refractivity contribution in [2.24, 2.45) is 13.0 Å². The number of hydrogen-bond donors (Lipinski definition) is 0. The van der Waals surface area contributed by atoms with Gasteiger partial charge >= 0.3 is 5.97 Å². The summed E-state index contributed by atoms with van der Waals surface area (Å²) in [6, 6.07) is 6.49. The van der Waals surface area contributed by atoms with E-state index >= 15 is 4.39 Å². The average Bonchev–Trinajstić information content (AvgIpc) is 2.87. The minimum Gasteiger partial charge on any atom is -0.423 e. The van der Waals surface area contributed by atoms with Crippen LogP contribution in [0.25, 0.3) is 23.3 Å². The third-order valence-electron chi connectivity index (χ3n) is 5.92. The van der Waals surface area contributed by atoms with Gasteiger partial charge in [-0.15, -0.1) is 0 Å². The molecule has 3 aromatic rings. The van der Waals surface area contributed by atoms with Gasteiger partial charge in [0.1, 0.15) is 17.3 Å². The van der Waals surface area contributed by atoms with Crippen molar-refractivity contribution in [3.8, 4) is 16.9 Å². The van der Waals surface area contributed by atoms with Crippen molar-refractivity contribution in [3.63, 3.8) is 0 Å². The van der Waals surface area contributed by atoms with Crippen LogP contribution in [0.15, 0.2) is 35.1 Å². The van der Waals surface area contributed by atoms with Gasteiger partial charge in [0.2, 0.25) is 0 Å². The molecular weight excluding hydrogens is 516 g/mol. The number of nitrogens with zero attached hydrogens (tertiary/aromatic N) is 3. The van der Waals surface area contributed by atoms with E-state index < -0.39 is 35.0 Å². The van der Waals surface area contributed by atoms with Crippen LogP contribution in [0.3, 0.4) is 0 Å². The number of rotatable bonds is 7. The standard InChI is InChI=1S/C28H28ClF2N3O4/c1-7-33(5)26(35)19-11-9-17(14-22(19)31)8-10-18-20(29)12-13-21(30)23(18)24-25(38-28(37)15(2)3)16(4)32-34(6)27(24)36/h8-15H,7H2,1-6H3/b10-8+. The summed E-state index contributed by atoms with van der Waals surface area (Å²) in [5.74, 6) is -3.27. The SMILES string of the molecule is CCN(C)C(=O)c1ccc(/C=C/c2c(Cl)ccc(F)c2-c2c(OC(=O)C(C)C)c(C)nn(C)c2=O)cc1F. The van der Waals surface area contributed by atoms with Gasteiger partial charge < -0.3 is 9.64 Å². The summed E-state index contributed by atoms with van der Waals surface area (Å²) in [5, 5.41) is 4.18. The fourth-order valence-corrected chi connectivity index (χ4v) is 3.86. The lowest BCUT2D eigenvalue weighted by Gasteiger charge is -2.17. The zero-order valence-electron chi connectivity index (χ0n) is 21.9. The molecule has 0 fully saturated rings. The summed E-state index contributed by atoms with van der Waals surface area (Å²) in [5.41, 5.74) is -0.510. The van der Waals surface area contributed by atoms with Crippen molar-refractivity contribution in [2.75, 3.05) is 13.6 Å². The molecule has 0 aliphatic rings. The predicted molar refractivity (Wildman–Crippen MR) is 143 cm³/mol. The van der Waals surface area contributed by atoms with Crippen LogP contribution in [-0.2, 0) is 11.8 Å². The number of benzene rings is 2. The van der Waals surface area contributed by atoms with E-state index in [-0.39, 0.29) is 38.7 Å². The summed E-state index contributed by atoms with van der Waals surface area (Å²) >= 11 is 6.43. The molecule has 0 spiro atoms. The molecule has 1 heterocycles. The topological polar surface area (TPSA) is 81.5 Å². The molecule has 0 atom stereocenters. The van der Waals surface area contributed by atoms with Gasteiger partial charge in [0.15, 0.2) is 5.75 Å². The van der Waals surface area contributed by atoms with E-state index in [1.54, 1.807) is 27.8 Å². The second-order valence-corrected chi connectivity index (χ2v) is 9.41. The van der Waals surface area contributed by atoms with Crippen molar-refractivity contribution in [3.05, 3.63) is 79.7 Å². The Morgan fingerprint density at radius 2 is 1.82 bits per heavy atom. The number of carbonyl (C=O) groups excluding carboxylic acids is 2. The monoisotopic (exact) mass is 543 g/mol. The Hall–Kier alpha value is -3.85. The van der Waals surface area contributed by atoms with E-state index in [0.29, 0.717) is 12.1 Å². The highest BCUT2D eigenvalue weighted by molar-refractivity contribution is 6.32. The molecule has 7 nitrogen and oxygen atoms in total. The highest BCUT2D eigenvalue weighted by Gasteiger charge is 2.26. The van der Waals surface area contributed by atoms with Crippen LogP contribution in [0.5, 0.6) is 5.75 Å². The van der Waals surface area contributed by atoms with E-state index in [4.69, 9.17) is 16.3 Å². The van der Waals surface area contributed by atoms with E-state index in [1.165, 1.54) is 55.3 Å². The Morgan fingerprint density at radius 3 is 2.42 bits per heavy atom. The number of aryl methyl sites for hydroxylation is 2. The molecule has 0 unspecified atom stereocenters. The molecule has 0 aliphatic heterocycles. The summed E-state index contributed by atoms with van der Waals surface area (Å²) in [6.45, 7) is 6.98. The molecule has 1 aromatic heterocycles. The van der Waals surface area contributed by atoms with Crippen LogP contribution in [0.4, 0.5) is 8.78 Å². The number of aromatic nitrogens is 2. The quantitative estimate of drug-likeness (QED) is 0.290. The van der Waals surface area contributed by atoms with Gasteiger partial charge in [-0.05, 0) is 43.7 Å². The second-order valence-electron chi connectivity index (χ2n) is 9.00. The fourth-order valence-electron chi connectivity index (χ4n) is 3.64. The number of halogens is 3. The van der Waals surface area contributed by atoms with Gasteiger partial charge in [0, 0.05) is 36.8 Å². The van der Waals surface area contributed by atoms with Crippen LogP contribution >= 0.6 is 11.6 Å². The maximum Gasteiger partial charge on any atom is 0.313 e. The third-order valence-corrected chi connectivity index (χ3v) is 6.25. The third kappa shape index (κ3) is 5.83. The second kappa shape index (κ2) is 11.7. The molecule has 0 saturated carbocycles. The first kappa shape index (κ1) is 28.7. The van der Waals surface area contributed by atoms with Crippen molar-refractivity contribution in [1.82, 2.24) is 14.7 Å². The highest BCUT2D eigenvalue weighted by atomic mass is 35.5. The maximum atomic E-state index is 15.4. The van der Waals surface area contributed by atoms with Gasteiger partial charge in [0.05, 0.1) is 17.0 Å². The predicted octanol–water partition coefficient (Wildman–Crippen LogP) is 5.51. The molecule has 0 radical (unpaired) electrons. The number of hydrogen-bond acceptors (Lipinski definition) is 5. The molecule has 200 valence electrons. The van der Waals surface area contributed by atoms with Crippen molar-refractivity contribution >= 4 is 35.6 Å². The summed E-state index contributed by atoms with van der Waals surface area (Å²) in [7, 11) is 2.97. The summed E-state index contributed by atoms with van der Waals surface area (Å²) < 4.78 is 36.6. The minimum atomic E-state index is -0.784. The number of amides is 1. The Kier molecular flexibility index (Phi) is 8.83. The van der Waals surface area contributed by atoms with Crippen LogP contribution in [-0.4, -0.2) is 40.1 Å². The zero-order chi connectivity index (χ0) is 28.3. The molecule has 3 rings (SSSR count). The van der Waals surface area contributed by atoms with Gasteiger partial charge in [-0.25, -0.2) is 13.5 Å². The van der Waals surface area contributed by atoms with E-state index in [9.17, 15) is 18.8 Å². The lowest BCUT2D eigenvalue weighted by molar-refractivity contribution is -0.137. The first-order valence-electron chi connectivity index (χ1n) is 11.9. The van der Waals surface area contributed by atoms with Crippen LogP contribution in [0.1, 0.15) is 48.0 Å². The van der Waals surface area contributed by atoms with Gasteiger partial charge in [0.25, 0.3) is 11.5 Å². The van der Waals surface area contributed by atoms with Gasteiger partial charge in [-0.2, -0.15) is 5.10 Å². The summed E-state index contributed by atoms with van der Waals surface area (Å²) in [6.07, 6.45) is 2.90. The molecule has 10 heteroatoms. The Balaban J connectivity index is 2.19. The summed E-state index contributed by atoms with van der Waals surface area (Å²) in [4.78, 5) is 39.3. The molecule has 1 amide bonds. The lowest BCUT2D eigenvalue weighted by Crippen LogP contribution is -2.27. The number of esters is 1. The lowest BCUT2D eigenvalue weighted by atomic mass is 9.97. The molecule has 2 aromatic carbocycles. The highest BCUT2D eigenvalue weighted by Crippen LogP contribution is 2.37. The average molecular weight is 544 g/mol. The molecule has 0 bridgehead atoms. The maximum absolute atomic E-state index is 15.4. The zero-order valence-corrected chi connectivity index (χ0v) is 22.7. The molecule has 38 heavy (non-hydrogen) atoms. The van der Waals surface area contributed by atoms with E-state index in [1.807, 2.05) is 0 Å². The first-order chi connectivity index (χ1) is 17.9. The van der Waals surface area contributed by atoms with Crippen molar-refractivity contribution in [1.29, 1.82) is 0 Å². The van der Waals surface area contributed by atoms with E-state index in [0.717, 1.165) is 10.7 Å². The number of carbonyl (C=O) groups is 2. The van der Waals surface area contributed by atoms with Crippen LogP contribution in [0, 0.1) is 24.5 Å². The fraction of sp³-hybridized carbons (Fsp3) is 0.286. The largest absolute Gasteiger partial charge is 0.423 e. The van der Waals surface area contributed by atoms with E-state index in [2.05, 4.69) is 5.10 Å². The molecule has 0 saturated heterocycles. The molecular formula is C28H28ClF2N3O4. The minimum absolute atomic E-state index is 0.0802. The van der Waals surface area contributed by atoms with Crippen molar-refractivity contribution in [2.45, 2.75) is 27.7 Å².